The fourth-order valence-corrected chi connectivity index (χ4v) is 3.31. The summed E-state index contributed by atoms with van der Waals surface area (Å²) in [5.41, 5.74) is 2.91. The Hall–Kier alpha value is -1.17. The molecule has 1 aliphatic carbocycles. The van der Waals surface area contributed by atoms with Gasteiger partial charge in [-0.25, -0.2) is 4.98 Å². The van der Waals surface area contributed by atoms with E-state index >= 15 is 0 Å². The Bertz CT molecular complexity index is 651. The average molecular weight is 366 g/mol. The Morgan fingerprint density at radius 2 is 2.21 bits per heavy atom. The van der Waals surface area contributed by atoms with Crippen LogP contribution in [0.15, 0.2) is 41.6 Å². The standard InChI is InChI=1S/C15H15IN2O/c16-14-8-17-10-18(15(14)19)9-12-6-3-5-11-4-1-2-7-13(11)12/h1-2,4,7-8,10,12H,3,5-6,9H2. The number of nitrogens with zero attached hydrogens (tertiary/aromatic N) is 2. The van der Waals surface area contributed by atoms with E-state index in [9.17, 15) is 4.79 Å². The molecule has 0 aliphatic heterocycles. The van der Waals surface area contributed by atoms with Gasteiger partial charge < -0.3 is 0 Å². The summed E-state index contributed by atoms with van der Waals surface area (Å²) in [6.45, 7) is 0.736. The molecule has 0 N–H and O–H groups in total. The summed E-state index contributed by atoms with van der Waals surface area (Å²) in [6.07, 6.45) is 6.78. The summed E-state index contributed by atoms with van der Waals surface area (Å²) < 4.78 is 2.43. The van der Waals surface area contributed by atoms with E-state index in [4.69, 9.17) is 0 Å². The third kappa shape index (κ3) is 2.59. The first-order valence-corrected chi connectivity index (χ1v) is 7.61. The van der Waals surface area contributed by atoms with Gasteiger partial charge in [0.15, 0.2) is 0 Å². The van der Waals surface area contributed by atoms with Gasteiger partial charge in [0.1, 0.15) is 0 Å². The molecule has 1 unspecified atom stereocenters. The van der Waals surface area contributed by atoms with Crippen molar-refractivity contribution in [2.45, 2.75) is 31.7 Å². The topological polar surface area (TPSA) is 34.9 Å². The van der Waals surface area contributed by atoms with E-state index in [2.05, 4.69) is 29.2 Å². The summed E-state index contributed by atoms with van der Waals surface area (Å²) in [7, 11) is 0. The van der Waals surface area contributed by atoms with Crippen LogP contribution in [0.25, 0.3) is 0 Å². The van der Waals surface area contributed by atoms with Crippen LogP contribution in [0.3, 0.4) is 0 Å². The van der Waals surface area contributed by atoms with E-state index in [1.54, 1.807) is 17.1 Å². The number of halogens is 1. The molecule has 0 radical (unpaired) electrons. The lowest BCUT2D eigenvalue weighted by Gasteiger charge is -2.25. The first-order chi connectivity index (χ1) is 9.25. The van der Waals surface area contributed by atoms with E-state index in [-0.39, 0.29) is 5.56 Å². The molecule has 3 rings (SSSR count). The molecule has 19 heavy (non-hydrogen) atoms. The maximum absolute atomic E-state index is 12.1. The van der Waals surface area contributed by atoms with Crippen LogP contribution in [0, 0.1) is 3.57 Å². The van der Waals surface area contributed by atoms with Crippen LogP contribution >= 0.6 is 22.6 Å². The lowest BCUT2D eigenvalue weighted by molar-refractivity contribution is 0.471. The zero-order chi connectivity index (χ0) is 13.2. The number of aryl methyl sites for hydroxylation is 1. The van der Waals surface area contributed by atoms with Crippen molar-refractivity contribution in [1.82, 2.24) is 9.55 Å². The monoisotopic (exact) mass is 366 g/mol. The Labute approximate surface area is 125 Å². The zero-order valence-corrected chi connectivity index (χ0v) is 12.7. The van der Waals surface area contributed by atoms with Gasteiger partial charge in [-0.1, -0.05) is 24.3 Å². The largest absolute Gasteiger partial charge is 0.298 e. The molecule has 1 aliphatic rings. The van der Waals surface area contributed by atoms with Crippen molar-refractivity contribution in [3.63, 3.8) is 0 Å². The number of rotatable bonds is 2. The first-order valence-electron chi connectivity index (χ1n) is 6.53. The molecule has 2 aromatic rings. The molecule has 0 fully saturated rings. The normalized spacial score (nSPS) is 18.1. The molecule has 0 saturated carbocycles. The number of hydrogen-bond acceptors (Lipinski definition) is 2. The maximum atomic E-state index is 12.1. The van der Waals surface area contributed by atoms with Gasteiger partial charge in [0.2, 0.25) is 0 Å². The van der Waals surface area contributed by atoms with Crippen LogP contribution < -0.4 is 5.56 Å². The van der Waals surface area contributed by atoms with E-state index in [0.29, 0.717) is 9.49 Å². The summed E-state index contributed by atoms with van der Waals surface area (Å²) >= 11 is 2.05. The van der Waals surface area contributed by atoms with Crippen LogP contribution in [-0.2, 0) is 13.0 Å². The van der Waals surface area contributed by atoms with Crippen LogP contribution in [0.5, 0.6) is 0 Å². The molecule has 0 bridgehead atoms. The van der Waals surface area contributed by atoms with Crippen molar-refractivity contribution in [1.29, 1.82) is 0 Å². The third-order valence-electron chi connectivity index (χ3n) is 3.77. The molecular weight excluding hydrogens is 351 g/mol. The summed E-state index contributed by atoms with van der Waals surface area (Å²) in [5.74, 6) is 0.433. The second kappa shape index (κ2) is 5.45. The average Bonchev–Trinajstić information content (AvgIpc) is 2.44. The van der Waals surface area contributed by atoms with Gasteiger partial charge in [-0.15, -0.1) is 0 Å². The summed E-state index contributed by atoms with van der Waals surface area (Å²) in [6, 6.07) is 8.59. The second-order valence-corrected chi connectivity index (χ2v) is 6.15. The van der Waals surface area contributed by atoms with Crippen molar-refractivity contribution in [3.05, 3.63) is 61.8 Å². The number of benzene rings is 1. The van der Waals surface area contributed by atoms with Crippen molar-refractivity contribution >= 4 is 22.6 Å². The highest BCUT2D eigenvalue weighted by Gasteiger charge is 2.20. The van der Waals surface area contributed by atoms with Crippen LogP contribution in [-0.4, -0.2) is 9.55 Å². The fourth-order valence-electron chi connectivity index (χ4n) is 2.84. The van der Waals surface area contributed by atoms with E-state index in [0.717, 1.165) is 19.4 Å². The van der Waals surface area contributed by atoms with Crippen molar-refractivity contribution in [2.75, 3.05) is 0 Å². The van der Waals surface area contributed by atoms with Crippen LogP contribution in [0.4, 0.5) is 0 Å². The van der Waals surface area contributed by atoms with E-state index in [1.165, 1.54) is 17.5 Å². The maximum Gasteiger partial charge on any atom is 0.266 e. The highest BCUT2D eigenvalue weighted by atomic mass is 127. The third-order valence-corrected chi connectivity index (χ3v) is 4.51. The molecule has 4 heteroatoms. The summed E-state index contributed by atoms with van der Waals surface area (Å²) in [4.78, 5) is 16.2. The molecule has 1 aromatic heterocycles. The lowest BCUT2D eigenvalue weighted by atomic mass is 9.83. The predicted molar refractivity (Wildman–Crippen MR) is 83.3 cm³/mol. The SMILES string of the molecule is O=c1c(I)cncn1CC1CCCc2ccccc21. The number of aromatic nitrogens is 2. The second-order valence-electron chi connectivity index (χ2n) is 4.99. The predicted octanol–water partition coefficient (Wildman–Crippen LogP) is 2.97. The Morgan fingerprint density at radius 1 is 1.37 bits per heavy atom. The molecular formula is C15H15IN2O. The molecule has 98 valence electrons. The molecule has 0 amide bonds. The van der Waals surface area contributed by atoms with Crippen molar-refractivity contribution in [2.24, 2.45) is 0 Å². The fraction of sp³-hybridized carbons (Fsp3) is 0.333. The van der Waals surface area contributed by atoms with Gasteiger partial charge in [-0.2, -0.15) is 0 Å². The smallest absolute Gasteiger partial charge is 0.266 e. The Kier molecular flexibility index (Phi) is 3.68. The van der Waals surface area contributed by atoms with Gasteiger partial charge in [-0.3, -0.25) is 9.36 Å². The quantitative estimate of drug-likeness (QED) is 0.766. The van der Waals surface area contributed by atoms with Gasteiger partial charge in [0, 0.05) is 18.7 Å². The molecule has 3 nitrogen and oxygen atoms in total. The highest BCUT2D eigenvalue weighted by Crippen LogP contribution is 2.32. The molecule has 0 spiro atoms. The minimum absolute atomic E-state index is 0.0682. The van der Waals surface area contributed by atoms with Crippen molar-refractivity contribution in [3.8, 4) is 0 Å². The number of hydrogen-bond donors (Lipinski definition) is 0. The van der Waals surface area contributed by atoms with Crippen LogP contribution in [0.1, 0.15) is 29.9 Å². The van der Waals surface area contributed by atoms with E-state index in [1.807, 2.05) is 22.6 Å². The van der Waals surface area contributed by atoms with Gasteiger partial charge in [0.25, 0.3) is 5.56 Å². The Morgan fingerprint density at radius 3 is 3.11 bits per heavy atom. The minimum Gasteiger partial charge on any atom is -0.298 e. The molecule has 1 aromatic carbocycles. The molecule has 1 heterocycles. The summed E-state index contributed by atoms with van der Waals surface area (Å²) in [5, 5.41) is 0. The molecule has 0 saturated heterocycles. The van der Waals surface area contributed by atoms with Gasteiger partial charge in [-0.05, 0) is 53.0 Å². The van der Waals surface area contributed by atoms with E-state index < -0.39 is 0 Å². The van der Waals surface area contributed by atoms with Gasteiger partial charge in [0.05, 0.1) is 9.90 Å². The number of fused-ring (bicyclic) bond motifs is 1. The first kappa shape index (κ1) is 12.8. The molecule has 1 atom stereocenters. The Balaban J connectivity index is 1.93. The van der Waals surface area contributed by atoms with Gasteiger partial charge >= 0.3 is 0 Å². The zero-order valence-electron chi connectivity index (χ0n) is 10.6. The lowest BCUT2D eigenvalue weighted by Crippen LogP contribution is -2.26. The van der Waals surface area contributed by atoms with Crippen LogP contribution in [0.2, 0.25) is 0 Å². The minimum atomic E-state index is 0.0682. The van der Waals surface area contributed by atoms with Crippen molar-refractivity contribution < 1.29 is 0 Å². The highest BCUT2D eigenvalue weighted by molar-refractivity contribution is 14.1.